The van der Waals surface area contributed by atoms with Crippen LogP contribution in [0.2, 0.25) is 5.02 Å². The summed E-state index contributed by atoms with van der Waals surface area (Å²) in [6, 6.07) is 3.57. The number of hydrogen-bond acceptors (Lipinski definition) is 3. The smallest absolute Gasteiger partial charge is 0.0917 e. The maximum atomic E-state index is 10.3. The molecule has 0 amide bonds. The molecule has 0 heterocycles. The average Bonchev–Trinajstić information content (AvgIpc) is 2.35. The molecule has 0 bridgehead atoms. The zero-order valence-electron chi connectivity index (χ0n) is 11.5. The van der Waals surface area contributed by atoms with Crippen LogP contribution in [-0.2, 0) is 0 Å². The molecule has 0 fully saturated rings. The Morgan fingerprint density at radius 3 is 2.37 bits per heavy atom. The first kappa shape index (κ1) is 16.8. The average molecular weight is 350 g/mol. The van der Waals surface area contributed by atoms with Crippen LogP contribution < -0.4 is 5.73 Å². The lowest BCUT2D eigenvalue weighted by atomic mass is 10.1. The van der Waals surface area contributed by atoms with Crippen LogP contribution in [0.25, 0.3) is 0 Å². The van der Waals surface area contributed by atoms with Gasteiger partial charge in [0.1, 0.15) is 0 Å². The van der Waals surface area contributed by atoms with E-state index in [2.05, 4.69) is 34.7 Å². The molecule has 0 aromatic heterocycles. The first-order valence-corrected chi connectivity index (χ1v) is 7.81. The highest BCUT2D eigenvalue weighted by Crippen LogP contribution is 2.31. The SMILES string of the molecule is CCCN(CCC)CC(O)c1cc(Cl)c(N)c(Br)c1. The van der Waals surface area contributed by atoms with Crippen LogP contribution in [0.4, 0.5) is 5.69 Å². The fraction of sp³-hybridized carbons (Fsp3) is 0.571. The van der Waals surface area contributed by atoms with E-state index in [0.29, 0.717) is 17.3 Å². The van der Waals surface area contributed by atoms with Gasteiger partial charge in [-0.1, -0.05) is 25.4 Å². The zero-order valence-corrected chi connectivity index (χ0v) is 13.8. The van der Waals surface area contributed by atoms with Crippen molar-refractivity contribution in [3.05, 3.63) is 27.2 Å². The van der Waals surface area contributed by atoms with Crippen LogP contribution in [0, 0.1) is 0 Å². The molecule has 19 heavy (non-hydrogen) atoms. The Morgan fingerprint density at radius 1 is 1.32 bits per heavy atom. The molecule has 1 unspecified atom stereocenters. The summed E-state index contributed by atoms with van der Waals surface area (Å²) in [6.07, 6.45) is 1.62. The van der Waals surface area contributed by atoms with E-state index >= 15 is 0 Å². The number of aliphatic hydroxyl groups excluding tert-OH is 1. The normalized spacial score (nSPS) is 12.9. The molecule has 1 atom stereocenters. The molecule has 0 radical (unpaired) electrons. The second-order valence-electron chi connectivity index (χ2n) is 4.71. The number of nitrogens with zero attached hydrogens (tertiary/aromatic N) is 1. The Labute approximate surface area is 128 Å². The summed E-state index contributed by atoms with van der Waals surface area (Å²) in [4.78, 5) is 2.27. The number of aliphatic hydroxyl groups is 1. The fourth-order valence-electron chi connectivity index (χ4n) is 2.07. The second kappa shape index (κ2) is 8.10. The van der Waals surface area contributed by atoms with E-state index in [4.69, 9.17) is 17.3 Å². The summed E-state index contributed by atoms with van der Waals surface area (Å²) in [7, 11) is 0. The molecule has 0 aliphatic rings. The Balaban J connectivity index is 2.78. The minimum Gasteiger partial charge on any atom is -0.397 e. The predicted octanol–water partition coefficient (Wildman–Crippen LogP) is 3.84. The van der Waals surface area contributed by atoms with Gasteiger partial charge in [0, 0.05) is 11.0 Å². The Kier molecular flexibility index (Phi) is 7.15. The molecule has 0 saturated heterocycles. The Morgan fingerprint density at radius 2 is 1.89 bits per heavy atom. The van der Waals surface area contributed by atoms with Crippen molar-refractivity contribution in [3.8, 4) is 0 Å². The number of nitrogen functional groups attached to an aromatic ring is 1. The Hall–Kier alpha value is -0.290. The van der Waals surface area contributed by atoms with Gasteiger partial charge in [0.2, 0.25) is 0 Å². The van der Waals surface area contributed by atoms with Crippen molar-refractivity contribution in [2.45, 2.75) is 32.8 Å². The molecule has 1 rings (SSSR count). The first-order chi connectivity index (χ1) is 8.99. The fourth-order valence-corrected chi connectivity index (χ4v) is 2.89. The summed E-state index contributed by atoms with van der Waals surface area (Å²) in [5.74, 6) is 0. The van der Waals surface area contributed by atoms with Gasteiger partial charge < -0.3 is 15.7 Å². The predicted molar refractivity (Wildman–Crippen MR) is 85.5 cm³/mol. The molecule has 0 spiro atoms. The van der Waals surface area contributed by atoms with Crippen LogP contribution in [0.5, 0.6) is 0 Å². The quantitative estimate of drug-likeness (QED) is 0.735. The summed E-state index contributed by atoms with van der Waals surface area (Å²) in [5, 5.41) is 10.8. The lowest BCUT2D eigenvalue weighted by Gasteiger charge is -2.24. The number of hydrogen-bond donors (Lipinski definition) is 2. The highest BCUT2D eigenvalue weighted by atomic mass is 79.9. The van der Waals surface area contributed by atoms with Crippen LogP contribution in [0.3, 0.4) is 0 Å². The molecule has 1 aromatic carbocycles. The highest BCUT2D eigenvalue weighted by Gasteiger charge is 2.15. The molecule has 3 nitrogen and oxygen atoms in total. The summed E-state index contributed by atoms with van der Waals surface area (Å²) < 4.78 is 0.728. The number of rotatable bonds is 7. The van der Waals surface area contributed by atoms with E-state index in [0.717, 1.165) is 36.0 Å². The van der Waals surface area contributed by atoms with Crippen LogP contribution in [0.15, 0.2) is 16.6 Å². The third-order valence-corrected chi connectivity index (χ3v) is 3.97. The summed E-state index contributed by atoms with van der Waals surface area (Å²) in [6.45, 7) is 6.90. The first-order valence-electron chi connectivity index (χ1n) is 6.64. The molecule has 1 aromatic rings. The minimum absolute atomic E-state index is 0.473. The summed E-state index contributed by atoms with van der Waals surface area (Å²) >= 11 is 9.40. The maximum Gasteiger partial charge on any atom is 0.0917 e. The van der Waals surface area contributed by atoms with Gasteiger partial charge in [-0.05, 0) is 59.6 Å². The van der Waals surface area contributed by atoms with Crippen LogP contribution in [0.1, 0.15) is 38.4 Å². The molecule has 3 N–H and O–H groups in total. The van der Waals surface area contributed by atoms with E-state index in [1.54, 1.807) is 6.07 Å². The topological polar surface area (TPSA) is 49.5 Å². The van der Waals surface area contributed by atoms with Gasteiger partial charge in [-0.3, -0.25) is 0 Å². The van der Waals surface area contributed by atoms with Gasteiger partial charge in [-0.25, -0.2) is 0 Å². The standard InChI is InChI=1S/C14H22BrClN2O/c1-3-5-18(6-4-2)9-13(19)10-7-11(15)14(17)12(16)8-10/h7-8,13,19H,3-6,9,17H2,1-2H3. The monoisotopic (exact) mass is 348 g/mol. The van der Waals surface area contributed by atoms with E-state index in [9.17, 15) is 5.11 Å². The van der Waals surface area contributed by atoms with E-state index in [1.165, 1.54) is 0 Å². The largest absolute Gasteiger partial charge is 0.397 e. The van der Waals surface area contributed by atoms with Gasteiger partial charge >= 0.3 is 0 Å². The number of halogens is 2. The number of anilines is 1. The number of nitrogens with two attached hydrogens (primary N) is 1. The molecule has 0 aliphatic heterocycles. The lowest BCUT2D eigenvalue weighted by molar-refractivity contribution is 0.113. The van der Waals surface area contributed by atoms with Gasteiger partial charge in [-0.15, -0.1) is 0 Å². The van der Waals surface area contributed by atoms with Gasteiger partial charge in [0.25, 0.3) is 0 Å². The third-order valence-electron chi connectivity index (χ3n) is 3.00. The lowest BCUT2D eigenvalue weighted by Crippen LogP contribution is -2.30. The van der Waals surface area contributed by atoms with Crippen LogP contribution in [-0.4, -0.2) is 29.6 Å². The molecule has 5 heteroatoms. The van der Waals surface area contributed by atoms with E-state index in [-0.39, 0.29) is 0 Å². The number of benzene rings is 1. The second-order valence-corrected chi connectivity index (χ2v) is 5.98. The minimum atomic E-state index is -0.549. The van der Waals surface area contributed by atoms with Gasteiger partial charge in [-0.2, -0.15) is 0 Å². The van der Waals surface area contributed by atoms with Crippen molar-refractivity contribution >= 4 is 33.2 Å². The van der Waals surface area contributed by atoms with Crippen molar-refractivity contribution < 1.29 is 5.11 Å². The third kappa shape index (κ3) is 4.95. The molecule has 108 valence electrons. The Bertz CT molecular complexity index is 385. The van der Waals surface area contributed by atoms with Crippen molar-refractivity contribution in [2.75, 3.05) is 25.4 Å². The van der Waals surface area contributed by atoms with Gasteiger partial charge in [0.05, 0.1) is 16.8 Å². The molecular weight excluding hydrogens is 328 g/mol. The van der Waals surface area contributed by atoms with Crippen LogP contribution >= 0.6 is 27.5 Å². The maximum absolute atomic E-state index is 10.3. The molecular formula is C14H22BrClN2O. The van der Waals surface area contributed by atoms with Crippen molar-refractivity contribution in [1.29, 1.82) is 0 Å². The van der Waals surface area contributed by atoms with Gasteiger partial charge in [0.15, 0.2) is 0 Å². The van der Waals surface area contributed by atoms with E-state index < -0.39 is 6.10 Å². The van der Waals surface area contributed by atoms with Crippen molar-refractivity contribution in [1.82, 2.24) is 4.90 Å². The zero-order chi connectivity index (χ0) is 14.4. The highest BCUT2D eigenvalue weighted by molar-refractivity contribution is 9.10. The molecule has 0 aliphatic carbocycles. The van der Waals surface area contributed by atoms with E-state index in [1.807, 2.05) is 6.07 Å². The van der Waals surface area contributed by atoms with Crippen molar-refractivity contribution in [2.24, 2.45) is 0 Å². The molecule has 0 saturated carbocycles. The van der Waals surface area contributed by atoms with Crippen molar-refractivity contribution in [3.63, 3.8) is 0 Å². The summed E-state index contributed by atoms with van der Waals surface area (Å²) in [5.41, 5.74) is 7.08.